The molecule has 0 aliphatic heterocycles. The van der Waals surface area contributed by atoms with E-state index in [1.165, 1.54) is 13.8 Å². The number of unbranched alkanes of at least 4 members (excludes halogenated alkanes) is 1. The molecule has 15 heteroatoms. The fraction of sp³-hybridized carbons (Fsp3) is 0.792. The number of carbonyl (C=O) groups is 5. The Morgan fingerprint density at radius 2 is 1.15 bits per heavy atom. The number of nitrogens with two attached hydrogens (primary N) is 1. The Kier molecular flexibility index (Phi) is 23.6. The van der Waals surface area contributed by atoms with Crippen LogP contribution in [0.1, 0.15) is 33.1 Å². The van der Waals surface area contributed by atoms with Gasteiger partial charge in [-0.2, -0.15) is 0 Å². The van der Waals surface area contributed by atoms with Gasteiger partial charge in [0.1, 0.15) is 19.3 Å². The molecule has 0 saturated heterocycles. The Morgan fingerprint density at radius 3 is 1.69 bits per heavy atom. The van der Waals surface area contributed by atoms with Crippen molar-refractivity contribution in [2.45, 2.75) is 39.2 Å². The predicted molar refractivity (Wildman–Crippen MR) is 141 cm³/mol. The Labute approximate surface area is 229 Å². The van der Waals surface area contributed by atoms with Crippen molar-refractivity contribution >= 4 is 29.5 Å². The molecule has 1 unspecified atom stereocenters. The van der Waals surface area contributed by atoms with Crippen molar-refractivity contribution in [3.8, 4) is 0 Å². The molecular formula is C24H46N6O9. The second-order valence-corrected chi connectivity index (χ2v) is 8.34. The Balaban J connectivity index is 4.04. The summed E-state index contributed by atoms with van der Waals surface area (Å²) in [7, 11) is 0. The molecule has 0 aromatic rings. The molecule has 0 fully saturated rings. The first-order valence-electron chi connectivity index (χ1n) is 13.1. The first-order chi connectivity index (χ1) is 18.8. The molecule has 0 heterocycles. The van der Waals surface area contributed by atoms with Crippen LogP contribution in [-0.2, 0) is 42.9 Å². The molecule has 0 aromatic carbocycles. The summed E-state index contributed by atoms with van der Waals surface area (Å²) in [6.45, 7) is 5.99. The van der Waals surface area contributed by atoms with Crippen molar-refractivity contribution in [1.82, 2.24) is 26.6 Å². The summed E-state index contributed by atoms with van der Waals surface area (Å²) >= 11 is 0. The molecule has 0 aliphatic rings. The zero-order valence-electron chi connectivity index (χ0n) is 23.1. The molecule has 226 valence electrons. The molecule has 0 saturated carbocycles. The van der Waals surface area contributed by atoms with Gasteiger partial charge in [-0.3, -0.25) is 24.0 Å². The van der Waals surface area contributed by atoms with Crippen LogP contribution in [0.15, 0.2) is 0 Å². The summed E-state index contributed by atoms with van der Waals surface area (Å²) in [6, 6.07) is -0.758. The number of carbonyl (C=O) groups excluding carboxylic acids is 5. The van der Waals surface area contributed by atoms with Gasteiger partial charge in [0.2, 0.25) is 29.5 Å². The standard InChI is InChI=1S/C24H46N6O9/c1-19(31)26-9-11-36-13-15-38-17-22(33)28-7-4-3-5-21(24(35)29-8-6-25)30-23(34)18-39-16-14-37-12-10-27-20(2)32/h21H,3-18,25H2,1-2H3,(H,26,31)(H,27,32)(H,28,33)(H,29,35)(H,30,34). The van der Waals surface area contributed by atoms with Crippen molar-refractivity contribution in [2.75, 3.05) is 85.6 Å². The minimum atomic E-state index is -0.758. The summed E-state index contributed by atoms with van der Waals surface area (Å²) < 4.78 is 21.0. The topological polar surface area (TPSA) is 208 Å². The highest BCUT2D eigenvalue weighted by molar-refractivity contribution is 5.88. The van der Waals surface area contributed by atoms with Crippen LogP contribution in [0.5, 0.6) is 0 Å². The minimum Gasteiger partial charge on any atom is -0.377 e. The van der Waals surface area contributed by atoms with Crippen LogP contribution in [0.3, 0.4) is 0 Å². The normalized spacial score (nSPS) is 11.4. The maximum atomic E-state index is 12.4. The van der Waals surface area contributed by atoms with Crippen molar-refractivity contribution in [3.63, 3.8) is 0 Å². The molecule has 0 bridgehead atoms. The molecular weight excluding hydrogens is 516 g/mol. The first-order valence-corrected chi connectivity index (χ1v) is 13.1. The van der Waals surface area contributed by atoms with Crippen molar-refractivity contribution < 1.29 is 42.9 Å². The molecule has 0 radical (unpaired) electrons. The smallest absolute Gasteiger partial charge is 0.246 e. The fourth-order valence-electron chi connectivity index (χ4n) is 2.94. The molecule has 5 amide bonds. The van der Waals surface area contributed by atoms with Crippen LogP contribution < -0.4 is 32.3 Å². The van der Waals surface area contributed by atoms with Gasteiger partial charge in [-0.25, -0.2) is 0 Å². The van der Waals surface area contributed by atoms with E-state index in [0.29, 0.717) is 58.7 Å². The van der Waals surface area contributed by atoms with Crippen LogP contribution >= 0.6 is 0 Å². The Hall–Kier alpha value is -2.85. The van der Waals surface area contributed by atoms with Crippen LogP contribution in [0.25, 0.3) is 0 Å². The highest BCUT2D eigenvalue weighted by atomic mass is 16.5. The molecule has 0 aromatic heterocycles. The monoisotopic (exact) mass is 562 g/mol. The molecule has 1 atom stereocenters. The van der Waals surface area contributed by atoms with E-state index in [0.717, 1.165) is 0 Å². The van der Waals surface area contributed by atoms with Gasteiger partial charge >= 0.3 is 0 Å². The van der Waals surface area contributed by atoms with Crippen LogP contribution in [0, 0.1) is 0 Å². The van der Waals surface area contributed by atoms with Gasteiger partial charge in [0.25, 0.3) is 0 Å². The van der Waals surface area contributed by atoms with E-state index in [1.807, 2.05) is 0 Å². The highest BCUT2D eigenvalue weighted by Gasteiger charge is 2.20. The summed E-state index contributed by atoms with van der Waals surface area (Å²) in [6.07, 6.45) is 1.55. The SMILES string of the molecule is CC(=O)NCCOCCOCC(=O)NCCCCC(NC(=O)COCCOCCNC(C)=O)C(=O)NCCN. The number of amides is 5. The summed E-state index contributed by atoms with van der Waals surface area (Å²) in [5, 5.41) is 13.3. The lowest BCUT2D eigenvalue weighted by Crippen LogP contribution is -2.48. The van der Waals surface area contributed by atoms with Crippen molar-refractivity contribution in [1.29, 1.82) is 0 Å². The van der Waals surface area contributed by atoms with Gasteiger partial charge in [-0.05, 0) is 19.3 Å². The largest absolute Gasteiger partial charge is 0.377 e. The average Bonchev–Trinajstić information content (AvgIpc) is 2.89. The van der Waals surface area contributed by atoms with Gasteiger partial charge in [0.05, 0.1) is 39.6 Å². The quantitative estimate of drug-likeness (QED) is 0.0628. The van der Waals surface area contributed by atoms with Crippen molar-refractivity contribution in [3.05, 3.63) is 0 Å². The van der Waals surface area contributed by atoms with E-state index < -0.39 is 11.9 Å². The molecule has 0 spiro atoms. The molecule has 0 rings (SSSR count). The lowest BCUT2D eigenvalue weighted by molar-refractivity contribution is -0.132. The summed E-state index contributed by atoms with van der Waals surface area (Å²) in [5.41, 5.74) is 5.44. The maximum Gasteiger partial charge on any atom is 0.246 e. The van der Waals surface area contributed by atoms with Crippen LogP contribution in [0.2, 0.25) is 0 Å². The van der Waals surface area contributed by atoms with E-state index in [1.54, 1.807) is 0 Å². The average molecular weight is 563 g/mol. The summed E-state index contributed by atoms with van der Waals surface area (Å²) in [5.74, 6) is -1.31. The van der Waals surface area contributed by atoms with E-state index in [9.17, 15) is 24.0 Å². The van der Waals surface area contributed by atoms with E-state index in [4.69, 9.17) is 24.7 Å². The van der Waals surface area contributed by atoms with Gasteiger partial charge in [-0.15, -0.1) is 0 Å². The second kappa shape index (κ2) is 25.4. The zero-order valence-corrected chi connectivity index (χ0v) is 23.1. The van der Waals surface area contributed by atoms with Crippen molar-refractivity contribution in [2.24, 2.45) is 5.73 Å². The van der Waals surface area contributed by atoms with Crippen LogP contribution in [-0.4, -0.2) is 121 Å². The van der Waals surface area contributed by atoms with E-state index in [2.05, 4.69) is 26.6 Å². The third kappa shape index (κ3) is 25.2. The molecule has 39 heavy (non-hydrogen) atoms. The Morgan fingerprint density at radius 1 is 0.615 bits per heavy atom. The molecule has 7 N–H and O–H groups in total. The summed E-state index contributed by atoms with van der Waals surface area (Å²) in [4.78, 5) is 58.0. The van der Waals surface area contributed by atoms with Gasteiger partial charge < -0.3 is 51.3 Å². The Bertz CT molecular complexity index is 712. The van der Waals surface area contributed by atoms with Gasteiger partial charge in [0, 0.05) is 46.6 Å². The minimum absolute atomic E-state index is 0.102. The molecule has 15 nitrogen and oxygen atoms in total. The lowest BCUT2D eigenvalue weighted by Gasteiger charge is -2.18. The van der Waals surface area contributed by atoms with E-state index in [-0.39, 0.29) is 69.8 Å². The number of ether oxygens (including phenoxy) is 4. The highest BCUT2D eigenvalue weighted by Crippen LogP contribution is 2.02. The van der Waals surface area contributed by atoms with Gasteiger partial charge in [-0.1, -0.05) is 0 Å². The maximum absolute atomic E-state index is 12.4. The van der Waals surface area contributed by atoms with E-state index >= 15 is 0 Å². The first kappa shape index (κ1) is 36.1. The fourth-order valence-corrected chi connectivity index (χ4v) is 2.94. The zero-order chi connectivity index (χ0) is 29.1. The van der Waals surface area contributed by atoms with Gasteiger partial charge in [0.15, 0.2) is 0 Å². The van der Waals surface area contributed by atoms with Crippen LogP contribution in [0.4, 0.5) is 0 Å². The number of nitrogens with one attached hydrogen (secondary N) is 5. The third-order valence-corrected chi connectivity index (χ3v) is 4.79. The third-order valence-electron chi connectivity index (χ3n) is 4.79. The second-order valence-electron chi connectivity index (χ2n) is 8.34. The predicted octanol–water partition coefficient (Wildman–Crippen LogP) is -2.83. The molecule has 0 aliphatic carbocycles. The number of hydrogen-bond donors (Lipinski definition) is 6. The lowest BCUT2D eigenvalue weighted by atomic mass is 10.1. The number of hydrogen-bond acceptors (Lipinski definition) is 10. The number of rotatable bonds is 25.